The highest BCUT2D eigenvalue weighted by Crippen LogP contribution is 2.37. The second-order valence-corrected chi connectivity index (χ2v) is 3.22. The fraction of sp³-hybridized carbons (Fsp3) is 0.400. The quantitative estimate of drug-likeness (QED) is 0.464. The molecule has 0 saturated carbocycles. The number of carbonyl (C=O) groups is 1. The first-order valence-electron chi connectivity index (χ1n) is 5.10. The Balaban J connectivity index is 3.50. The number of methoxy groups -OCH3 is 1. The minimum absolute atomic E-state index is 0.0189. The van der Waals surface area contributed by atoms with Gasteiger partial charge in [0.1, 0.15) is 0 Å². The van der Waals surface area contributed by atoms with Crippen molar-refractivity contribution in [1.82, 2.24) is 4.98 Å². The van der Waals surface area contributed by atoms with Gasteiger partial charge in [-0.05, 0) is 6.92 Å². The second-order valence-electron chi connectivity index (χ2n) is 3.22. The van der Waals surface area contributed by atoms with Crippen LogP contribution in [0.1, 0.15) is 29.4 Å². The highest BCUT2D eigenvalue weighted by Gasteiger charge is 2.32. The fourth-order valence-electron chi connectivity index (χ4n) is 1.39. The maximum Gasteiger partial charge on any atom is 0.346 e. The van der Waals surface area contributed by atoms with Crippen molar-refractivity contribution in [2.45, 2.75) is 13.3 Å². The molecule has 0 aliphatic carbocycles. The molecule has 0 fully saturated rings. The number of esters is 1. The van der Waals surface area contributed by atoms with E-state index in [9.17, 15) is 23.7 Å². The molecule has 1 aromatic heterocycles. The van der Waals surface area contributed by atoms with E-state index in [2.05, 4.69) is 14.5 Å². The van der Waals surface area contributed by atoms with Gasteiger partial charge >= 0.3 is 11.7 Å². The minimum atomic E-state index is -3.06. The molecule has 0 aliphatic heterocycles. The van der Waals surface area contributed by atoms with Gasteiger partial charge in [0.25, 0.3) is 6.43 Å². The average molecular weight is 276 g/mol. The van der Waals surface area contributed by atoms with E-state index < -0.39 is 40.0 Å². The van der Waals surface area contributed by atoms with Crippen LogP contribution in [0, 0.1) is 10.1 Å². The van der Waals surface area contributed by atoms with Gasteiger partial charge in [-0.3, -0.25) is 10.1 Å². The van der Waals surface area contributed by atoms with Crippen molar-refractivity contribution >= 4 is 11.7 Å². The summed E-state index contributed by atoms with van der Waals surface area (Å²) in [6.07, 6.45) is -2.38. The molecule has 7 nitrogen and oxygen atoms in total. The first-order valence-corrected chi connectivity index (χ1v) is 5.10. The fourth-order valence-corrected chi connectivity index (χ4v) is 1.39. The first kappa shape index (κ1) is 14.7. The molecule has 0 amide bonds. The standard InChI is InChI=1S/C10H10F2N2O5/c1-3-19-10(15)5-4-13-6(9(11)12)8(18-2)7(5)14(16)17/h4,9H,3H2,1-2H3. The summed E-state index contributed by atoms with van der Waals surface area (Å²) >= 11 is 0. The van der Waals surface area contributed by atoms with Crippen LogP contribution in [-0.4, -0.2) is 29.6 Å². The summed E-state index contributed by atoms with van der Waals surface area (Å²) in [7, 11) is 0.977. The number of nitro groups is 1. The molecule has 19 heavy (non-hydrogen) atoms. The van der Waals surface area contributed by atoms with Gasteiger partial charge in [-0.15, -0.1) is 0 Å². The van der Waals surface area contributed by atoms with Crippen LogP contribution in [0.15, 0.2) is 6.20 Å². The number of carbonyl (C=O) groups excluding carboxylic acids is 1. The number of pyridine rings is 1. The smallest absolute Gasteiger partial charge is 0.346 e. The summed E-state index contributed by atoms with van der Waals surface area (Å²) in [5.74, 6) is -1.77. The number of alkyl halides is 2. The van der Waals surface area contributed by atoms with E-state index in [1.54, 1.807) is 0 Å². The number of rotatable bonds is 5. The molecule has 0 radical (unpaired) electrons. The summed E-state index contributed by atoms with van der Waals surface area (Å²) in [6, 6.07) is 0. The Morgan fingerprint density at radius 1 is 1.58 bits per heavy atom. The number of aromatic nitrogens is 1. The molecule has 0 N–H and O–H groups in total. The lowest BCUT2D eigenvalue weighted by molar-refractivity contribution is -0.386. The summed E-state index contributed by atoms with van der Waals surface area (Å²) < 4.78 is 34.5. The van der Waals surface area contributed by atoms with E-state index in [0.717, 1.165) is 7.11 Å². The van der Waals surface area contributed by atoms with Gasteiger partial charge in [0, 0.05) is 6.20 Å². The van der Waals surface area contributed by atoms with Crippen molar-refractivity contribution in [3.63, 3.8) is 0 Å². The van der Waals surface area contributed by atoms with Gasteiger partial charge in [-0.2, -0.15) is 0 Å². The van der Waals surface area contributed by atoms with Gasteiger partial charge in [0.15, 0.2) is 11.3 Å². The van der Waals surface area contributed by atoms with Crippen LogP contribution in [0.5, 0.6) is 5.75 Å². The molecule has 0 bridgehead atoms. The highest BCUT2D eigenvalue weighted by molar-refractivity contribution is 5.95. The number of nitrogens with zero attached hydrogens (tertiary/aromatic N) is 2. The molecule has 1 heterocycles. The Bertz CT molecular complexity index is 507. The first-order chi connectivity index (χ1) is 8.93. The zero-order valence-electron chi connectivity index (χ0n) is 10.1. The van der Waals surface area contributed by atoms with E-state index in [0.29, 0.717) is 6.20 Å². The van der Waals surface area contributed by atoms with Crippen molar-refractivity contribution in [3.8, 4) is 5.75 Å². The van der Waals surface area contributed by atoms with Gasteiger partial charge in [0.2, 0.25) is 5.75 Å². The molecule has 0 spiro atoms. The lowest BCUT2D eigenvalue weighted by Crippen LogP contribution is -2.11. The Morgan fingerprint density at radius 2 is 2.21 bits per heavy atom. The molecule has 0 unspecified atom stereocenters. The maximum atomic E-state index is 12.7. The van der Waals surface area contributed by atoms with Crippen LogP contribution in [0.2, 0.25) is 0 Å². The number of halogens is 2. The molecule has 1 aromatic rings. The largest absolute Gasteiger partial charge is 0.489 e. The summed E-state index contributed by atoms with van der Waals surface area (Å²) in [6.45, 7) is 1.48. The average Bonchev–Trinajstić information content (AvgIpc) is 2.36. The van der Waals surface area contributed by atoms with Gasteiger partial charge < -0.3 is 9.47 Å². The number of hydrogen-bond donors (Lipinski definition) is 0. The van der Waals surface area contributed by atoms with E-state index in [4.69, 9.17) is 0 Å². The Hall–Kier alpha value is -2.32. The highest BCUT2D eigenvalue weighted by atomic mass is 19.3. The van der Waals surface area contributed by atoms with Crippen LogP contribution in [-0.2, 0) is 4.74 Å². The van der Waals surface area contributed by atoms with E-state index >= 15 is 0 Å². The van der Waals surface area contributed by atoms with Crippen molar-refractivity contribution in [2.75, 3.05) is 13.7 Å². The zero-order chi connectivity index (χ0) is 14.6. The van der Waals surface area contributed by atoms with Crippen molar-refractivity contribution in [2.24, 2.45) is 0 Å². The van der Waals surface area contributed by atoms with Crippen molar-refractivity contribution < 1.29 is 28.0 Å². The molecule has 104 valence electrons. The third-order valence-corrected chi connectivity index (χ3v) is 2.12. The predicted molar refractivity (Wildman–Crippen MR) is 58.4 cm³/mol. The summed E-state index contributed by atoms with van der Waals surface area (Å²) in [5, 5.41) is 10.9. The topological polar surface area (TPSA) is 91.6 Å². The molecular weight excluding hydrogens is 266 g/mol. The number of hydrogen-bond acceptors (Lipinski definition) is 6. The molecule has 9 heteroatoms. The molecule has 0 aliphatic rings. The van der Waals surface area contributed by atoms with Crippen molar-refractivity contribution in [1.29, 1.82) is 0 Å². The maximum absolute atomic E-state index is 12.7. The summed E-state index contributed by atoms with van der Waals surface area (Å²) in [5.41, 5.74) is -2.32. The molecule has 1 rings (SSSR count). The van der Waals surface area contributed by atoms with E-state index in [-0.39, 0.29) is 6.61 Å². The lowest BCUT2D eigenvalue weighted by atomic mass is 10.2. The Kier molecular flexibility index (Phi) is 4.67. The van der Waals surface area contributed by atoms with Crippen LogP contribution in [0.3, 0.4) is 0 Å². The lowest BCUT2D eigenvalue weighted by Gasteiger charge is -2.10. The molecule has 0 atom stereocenters. The van der Waals surface area contributed by atoms with Crippen LogP contribution in [0.4, 0.5) is 14.5 Å². The summed E-state index contributed by atoms with van der Waals surface area (Å²) in [4.78, 5) is 24.8. The number of ether oxygens (including phenoxy) is 2. The second kappa shape index (κ2) is 6.03. The monoisotopic (exact) mass is 276 g/mol. The van der Waals surface area contributed by atoms with Crippen LogP contribution in [0.25, 0.3) is 0 Å². The van der Waals surface area contributed by atoms with E-state index in [1.165, 1.54) is 6.92 Å². The SMILES string of the molecule is CCOC(=O)c1cnc(C(F)F)c(OC)c1[N+](=O)[O-]. The van der Waals surface area contributed by atoms with Crippen LogP contribution >= 0.6 is 0 Å². The third kappa shape index (κ3) is 2.92. The van der Waals surface area contributed by atoms with Crippen molar-refractivity contribution in [3.05, 3.63) is 27.6 Å². The third-order valence-electron chi connectivity index (χ3n) is 2.12. The molecular formula is C10H10F2N2O5. The van der Waals surface area contributed by atoms with Gasteiger partial charge in [0.05, 0.1) is 18.6 Å². The van der Waals surface area contributed by atoms with E-state index in [1.807, 2.05) is 0 Å². The molecule has 0 aromatic carbocycles. The Labute approximate surface area is 106 Å². The Morgan fingerprint density at radius 3 is 2.63 bits per heavy atom. The normalized spacial score (nSPS) is 10.4. The van der Waals surface area contributed by atoms with Gasteiger partial charge in [-0.1, -0.05) is 0 Å². The molecule has 0 saturated heterocycles. The van der Waals surface area contributed by atoms with Crippen LogP contribution < -0.4 is 4.74 Å². The van der Waals surface area contributed by atoms with Gasteiger partial charge in [-0.25, -0.2) is 18.6 Å². The minimum Gasteiger partial charge on any atom is -0.489 e. The predicted octanol–water partition coefficient (Wildman–Crippen LogP) is 2.11. The zero-order valence-corrected chi connectivity index (χ0v) is 10.1.